The first-order chi connectivity index (χ1) is 33.0. The van der Waals surface area contributed by atoms with Crippen LogP contribution in [0.4, 0.5) is 0 Å². The Hall–Kier alpha value is -8.46. The summed E-state index contributed by atoms with van der Waals surface area (Å²) < 4.78 is 13.0. The molecule has 0 radical (unpaired) electrons. The van der Waals surface area contributed by atoms with E-state index >= 15 is 0 Å². The predicted molar refractivity (Wildman–Crippen MR) is 279 cm³/mol. The van der Waals surface area contributed by atoms with Crippen LogP contribution in [-0.4, -0.2) is 0 Å². The van der Waals surface area contributed by atoms with Gasteiger partial charge in [0.2, 0.25) is 0 Å². The van der Waals surface area contributed by atoms with Crippen molar-refractivity contribution >= 4 is 65.4 Å². The van der Waals surface area contributed by atoms with Crippen molar-refractivity contribution in [1.82, 2.24) is 0 Å². The Labute approximate surface area is 388 Å². The van der Waals surface area contributed by atoms with Gasteiger partial charge in [-0.05, 0) is 145 Å². The molecule has 0 aliphatic heterocycles. The fourth-order valence-electron chi connectivity index (χ4n) is 11.7. The fourth-order valence-corrected chi connectivity index (χ4v) is 11.7. The number of hydrogen-bond acceptors (Lipinski definition) is 2. The summed E-state index contributed by atoms with van der Waals surface area (Å²) >= 11 is 0. The van der Waals surface area contributed by atoms with Crippen LogP contribution >= 0.6 is 0 Å². The average Bonchev–Trinajstić information content (AvgIpc) is 4.04. The zero-order valence-corrected chi connectivity index (χ0v) is 37.1. The molecule has 0 N–H and O–H groups in total. The zero-order chi connectivity index (χ0) is 44.4. The summed E-state index contributed by atoms with van der Waals surface area (Å²) in [6.07, 6.45) is 0. The highest BCUT2D eigenvalue weighted by Gasteiger charge is 2.47. The molecule has 2 nitrogen and oxygen atoms in total. The van der Waals surface area contributed by atoms with Crippen molar-refractivity contribution in [3.8, 4) is 44.5 Å². The number of aryl methyl sites for hydroxylation is 2. The molecule has 0 saturated carbocycles. The van der Waals surface area contributed by atoms with Crippen molar-refractivity contribution in [2.45, 2.75) is 19.3 Å². The molecule has 1 aliphatic rings. The van der Waals surface area contributed by atoms with Gasteiger partial charge in [0.05, 0.1) is 5.41 Å². The van der Waals surface area contributed by atoms with Gasteiger partial charge in [-0.25, -0.2) is 0 Å². The Kier molecular flexibility index (Phi) is 8.06. The molecule has 0 saturated heterocycles. The van der Waals surface area contributed by atoms with Gasteiger partial charge in [0.15, 0.2) is 0 Å². The van der Waals surface area contributed by atoms with Crippen LogP contribution in [0, 0.1) is 13.8 Å². The molecule has 13 aromatic rings. The molecule has 0 atom stereocenters. The van der Waals surface area contributed by atoms with Gasteiger partial charge in [0.25, 0.3) is 0 Å². The maximum Gasteiger partial charge on any atom is 0.136 e. The quantitative estimate of drug-likeness (QED) is 0.161. The van der Waals surface area contributed by atoms with E-state index < -0.39 is 5.41 Å². The summed E-state index contributed by atoms with van der Waals surface area (Å²) in [5.41, 5.74) is 20.2. The molecule has 0 bridgehead atoms. The Morgan fingerprint density at radius 2 is 0.716 bits per heavy atom. The van der Waals surface area contributed by atoms with E-state index in [1.54, 1.807) is 0 Å². The van der Waals surface area contributed by atoms with E-state index in [-0.39, 0.29) is 0 Å². The number of furan rings is 2. The number of hydrogen-bond donors (Lipinski definition) is 0. The topological polar surface area (TPSA) is 26.3 Å². The van der Waals surface area contributed by atoms with Crippen molar-refractivity contribution in [3.05, 3.63) is 252 Å². The normalized spacial score (nSPS) is 13.0. The molecule has 67 heavy (non-hydrogen) atoms. The third-order valence-corrected chi connectivity index (χ3v) is 14.7. The number of para-hydroxylation sites is 2. The van der Waals surface area contributed by atoms with Crippen molar-refractivity contribution < 1.29 is 8.83 Å². The highest BCUT2D eigenvalue weighted by Crippen LogP contribution is 2.59. The maximum absolute atomic E-state index is 6.50. The van der Waals surface area contributed by atoms with E-state index in [2.05, 4.69) is 220 Å². The molecule has 0 spiro atoms. The highest BCUT2D eigenvalue weighted by atomic mass is 16.3. The van der Waals surface area contributed by atoms with Gasteiger partial charge in [0, 0.05) is 21.5 Å². The highest BCUT2D eigenvalue weighted by molar-refractivity contribution is 6.21. The molecule has 2 heterocycles. The van der Waals surface area contributed by atoms with E-state index in [0.29, 0.717) is 0 Å². The minimum Gasteiger partial charge on any atom is -0.456 e. The van der Waals surface area contributed by atoms with E-state index in [1.165, 1.54) is 77.2 Å². The second-order valence-electron chi connectivity index (χ2n) is 18.4. The van der Waals surface area contributed by atoms with E-state index in [0.717, 1.165) is 66.1 Å². The van der Waals surface area contributed by atoms with Crippen molar-refractivity contribution in [1.29, 1.82) is 0 Å². The third-order valence-electron chi connectivity index (χ3n) is 14.7. The first kappa shape index (κ1) is 37.9. The van der Waals surface area contributed by atoms with Gasteiger partial charge in [-0.1, -0.05) is 187 Å². The molecule has 0 unspecified atom stereocenters. The molecule has 14 rings (SSSR count). The van der Waals surface area contributed by atoms with Crippen LogP contribution in [0.1, 0.15) is 33.4 Å². The van der Waals surface area contributed by atoms with Crippen LogP contribution in [0.25, 0.3) is 110 Å². The van der Waals surface area contributed by atoms with Crippen LogP contribution in [0.5, 0.6) is 0 Å². The summed E-state index contributed by atoms with van der Waals surface area (Å²) in [5, 5.41) is 9.28. The Morgan fingerprint density at radius 3 is 1.28 bits per heavy atom. The molecule has 2 heteroatoms. The Balaban J connectivity index is 1.09. The molecular formula is C65H42O2. The van der Waals surface area contributed by atoms with E-state index in [4.69, 9.17) is 8.83 Å². The van der Waals surface area contributed by atoms with Gasteiger partial charge < -0.3 is 8.83 Å². The first-order valence-electron chi connectivity index (χ1n) is 23.2. The number of fused-ring (bicyclic) bond motifs is 11. The first-order valence-corrected chi connectivity index (χ1v) is 23.2. The minimum absolute atomic E-state index is 0.538. The largest absolute Gasteiger partial charge is 0.456 e. The Morgan fingerprint density at radius 1 is 0.284 bits per heavy atom. The summed E-state index contributed by atoms with van der Waals surface area (Å²) in [7, 11) is 0. The van der Waals surface area contributed by atoms with Crippen LogP contribution in [0.2, 0.25) is 0 Å². The van der Waals surface area contributed by atoms with Crippen LogP contribution < -0.4 is 0 Å². The van der Waals surface area contributed by atoms with Crippen LogP contribution in [0.15, 0.2) is 227 Å². The van der Waals surface area contributed by atoms with Gasteiger partial charge in [-0.15, -0.1) is 0 Å². The number of benzene rings is 11. The molecule has 2 aromatic heterocycles. The molecular weight excluding hydrogens is 813 g/mol. The molecule has 0 fully saturated rings. The van der Waals surface area contributed by atoms with Crippen molar-refractivity contribution in [2.75, 3.05) is 0 Å². The number of rotatable bonds is 5. The lowest BCUT2D eigenvalue weighted by molar-refractivity contribution is 0.668. The van der Waals surface area contributed by atoms with Crippen molar-refractivity contribution in [2.24, 2.45) is 0 Å². The van der Waals surface area contributed by atoms with Crippen LogP contribution in [-0.2, 0) is 5.41 Å². The average molecular weight is 855 g/mol. The Bertz CT molecular complexity index is 3940. The van der Waals surface area contributed by atoms with E-state index in [9.17, 15) is 0 Å². The second-order valence-corrected chi connectivity index (χ2v) is 18.4. The lowest BCUT2D eigenvalue weighted by Gasteiger charge is -2.34. The maximum atomic E-state index is 6.50. The smallest absolute Gasteiger partial charge is 0.136 e. The van der Waals surface area contributed by atoms with Crippen molar-refractivity contribution in [3.63, 3.8) is 0 Å². The summed E-state index contributed by atoms with van der Waals surface area (Å²) in [6.45, 7) is 4.35. The van der Waals surface area contributed by atoms with E-state index in [1.807, 2.05) is 12.1 Å². The summed E-state index contributed by atoms with van der Waals surface area (Å²) in [4.78, 5) is 0. The lowest BCUT2D eigenvalue weighted by atomic mass is 9.67. The molecule has 11 aromatic carbocycles. The monoisotopic (exact) mass is 854 g/mol. The van der Waals surface area contributed by atoms with Gasteiger partial charge in [-0.3, -0.25) is 0 Å². The molecule has 314 valence electrons. The predicted octanol–water partition coefficient (Wildman–Crippen LogP) is 17.8. The SMILES string of the molecule is Cc1ccc(C2(c3ccc(C)cc3)c3ccccc3-c3c(-c4c5cccc(-c6ccc7c(c6)oc6ccccc67)c5cc5c(-c6ccc7c(c6)oc6ccccc67)cccc45)cccc32)cc1. The summed E-state index contributed by atoms with van der Waals surface area (Å²) in [6, 6.07) is 80.8. The zero-order valence-electron chi connectivity index (χ0n) is 37.1. The standard InChI is InChI=1S/C65H42O2/c1-39-24-30-43(31-25-39)65(44-32-26-40(2)27-33-44)57-20-6-3-14-53(57)64-54(19-11-21-58(64)65)63-51-17-9-15-45(41-28-34-49-47-12-4-7-22-59(47)66-61(49)36-41)55(51)38-56-46(16-10-18-52(56)63)42-29-35-50-48-13-5-8-23-60(48)67-62(50)37-42/h3-38H,1-2H3. The second kappa shape index (κ2) is 14.3. The third kappa shape index (κ3) is 5.45. The lowest BCUT2D eigenvalue weighted by Crippen LogP contribution is -2.28. The van der Waals surface area contributed by atoms with Gasteiger partial charge in [0.1, 0.15) is 22.3 Å². The molecule has 0 amide bonds. The minimum atomic E-state index is -0.538. The van der Waals surface area contributed by atoms with Gasteiger partial charge in [-0.2, -0.15) is 0 Å². The van der Waals surface area contributed by atoms with Crippen LogP contribution in [0.3, 0.4) is 0 Å². The van der Waals surface area contributed by atoms with Gasteiger partial charge >= 0.3 is 0 Å². The molecule has 1 aliphatic carbocycles. The fraction of sp³-hybridized carbons (Fsp3) is 0.0462. The summed E-state index contributed by atoms with van der Waals surface area (Å²) in [5.74, 6) is 0.